The number of halogens is 1. The third-order valence-corrected chi connectivity index (χ3v) is 4.13. The van der Waals surface area contributed by atoms with Crippen LogP contribution in [-0.4, -0.2) is 17.4 Å². The van der Waals surface area contributed by atoms with Crippen molar-refractivity contribution in [3.05, 3.63) is 35.0 Å². The molecule has 21 heavy (non-hydrogen) atoms. The van der Waals surface area contributed by atoms with Crippen LogP contribution >= 0.6 is 11.6 Å². The van der Waals surface area contributed by atoms with Gasteiger partial charge in [0.15, 0.2) is 0 Å². The van der Waals surface area contributed by atoms with Crippen LogP contribution in [0.1, 0.15) is 39.7 Å². The Bertz CT molecular complexity index is 643. The van der Waals surface area contributed by atoms with E-state index in [0.29, 0.717) is 17.5 Å². The molecular formula is C17H23ClN2O. The summed E-state index contributed by atoms with van der Waals surface area (Å²) in [5, 5.41) is 4.77. The van der Waals surface area contributed by atoms with Crippen molar-refractivity contribution in [2.75, 3.05) is 6.54 Å². The molecule has 0 aliphatic rings. The number of H-pyrrole nitrogens is 1. The van der Waals surface area contributed by atoms with Crippen molar-refractivity contribution in [1.82, 2.24) is 10.3 Å². The number of hydrogen-bond acceptors (Lipinski definition) is 1. The lowest BCUT2D eigenvalue weighted by molar-refractivity contribution is -0.125. The highest BCUT2D eigenvalue weighted by Crippen LogP contribution is 2.31. The number of benzene rings is 1. The molecule has 0 saturated carbocycles. The number of rotatable bonds is 5. The molecule has 0 spiro atoms. The maximum Gasteiger partial charge on any atom is 0.230 e. The molecule has 0 saturated heterocycles. The lowest BCUT2D eigenvalue weighted by Gasteiger charge is -2.23. The van der Waals surface area contributed by atoms with Crippen LogP contribution in [0.4, 0.5) is 0 Å². The van der Waals surface area contributed by atoms with Gasteiger partial charge in [-0.15, -0.1) is 0 Å². The highest BCUT2D eigenvalue weighted by atomic mass is 35.5. The number of aromatic nitrogens is 1. The van der Waals surface area contributed by atoms with Gasteiger partial charge in [-0.05, 0) is 43.9 Å². The van der Waals surface area contributed by atoms with Gasteiger partial charge in [-0.3, -0.25) is 4.79 Å². The van der Waals surface area contributed by atoms with Crippen LogP contribution in [0.3, 0.4) is 0 Å². The molecule has 114 valence electrons. The molecule has 0 unspecified atom stereocenters. The molecule has 1 aromatic carbocycles. The van der Waals surface area contributed by atoms with Gasteiger partial charge in [0.05, 0.1) is 5.41 Å². The van der Waals surface area contributed by atoms with Gasteiger partial charge in [0.2, 0.25) is 5.91 Å². The summed E-state index contributed by atoms with van der Waals surface area (Å²) in [6.45, 7) is 8.93. The maximum atomic E-state index is 12.5. The number of aromatic amines is 1. The average Bonchev–Trinajstić information content (AvgIpc) is 2.81. The Morgan fingerprint density at radius 1 is 1.38 bits per heavy atom. The van der Waals surface area contributed by atoms with E-state index in [1.54, 1.807) is 0 Å². The van der Waals surface area contributed by atoms with E-state index < -0.39 is 5.41 Å². The first-order chi connectivity index (χ1) is 9.82. The van der Waals surface area contributed by atoms with E-state index in [9.17, 15) is 4.79 Å². The molecule has 0 fully saturated rings. The van der Waals surface area contributed by atoms with E-state index >= 15 is 0 Å². The second-order valence-corrected chi connectivity index (χ2v) is 6.89. The highest BCUT2D eigenvalue weighted by Gasteiger charge is 2.31. The minimum absolute atomic E-state index is 0.0546. The van der Waals surface area contributed by atoms with E-state index in [1.807, 2.05) is 38.2 Å². The molecule has 0 aliphatic carbocycles. The van der Waals surface area contributed by atoms with Gasteiger partial charge >= 0.3 is 0 Å². The van der Waals surface area contributed by atoms with Crippen molar-refractivity contribution in [2.45, 2.75) is 39.5 Å². The average molecular weight is 307 g/mol. The fourth-order valence-corrected chi connectivity index (χ4v) is 2.61. The van der Waals surface area contributed by atoms with Crippen molar-refractivity contribution in [2.24, 2.45) is 5.92 Å². The summed E-state index contributed by atoms with van der Waals surface area (Å²) in [7, 11) is 0. The van der Waals surface area contributed by atoms with Crippen molar-refractivity contribution in [1.29, 1.82) is 0 Å². The SMILES string of the molecule is CC(C)CCNC(=O)C(C)(C)c1c[nH]c2cc(Cl)ccc12. The zero-order valence-corrected chi connectivity index (χ0v) is 13.8. The smallest absolute Gasteiger partial charge is 0.230 e. The minimum Gasteiger partial charge on any atom is -0.361 e. The lowest BCUT2D eigenvalue weighted by Crippen LogP contribution is -2.40. The number of fused-ring (bicyclic) bond motifs is 1. The van der Waals surface area contributed by atoms with Gasteiger partial charge in [-0.2, -0.15) is 0 Å². The summed E-state index contributed by atoms with van der Waals surface area (Å²) in [6.07, 6.45) is 2.90. The minimum atomic E-state index is -0.580. The third kappa shape index (κ3) is 3.41. The standard InChI is InChI=1S/C17H23ClN2O/c1-11(2)7-8-19-16(21)17(3,4)14-10-20-15-9-12(18)5-6-13(14)15/h5-6,9-11,20H,7-8H2,1-4H3,(H,19,21). The van der Waals surface area contributed by atoms with Crippen LogP contribution in [-0.2, 0) is 10.2 Å². The molecule has 1 heterocycles. The number of carbonyl (C=O) groups excluding carboxylic acids is 1. The van der Waals surface area contributed by atoms with E-state index in [1.165, 1.54) is 0 Å². The van der Waals surface area contributed by atoms with Gasteiger partial charge in [0.25, 0.3) is 0 Å². The molecule has 0 aliphatic heterocycles. The Morgan fingerprint density at radius 3 is 2.76 bits per heavy atom. The Kier molecular flexibility index (Phi) is 4.62. The second-order valence-electron chi connectivity index (χ2n) is 6.46. The summed E-state index contributed by atoms with van der Waals surface area (Å²) in [5.41, 5.74) is 1.38. The number of amides is 1. The van der Waals surface area contributed by atoms with Crippen molar-refractivity contribution < 1.29 is 4.79 Å². The van der Waals surface area contributed by atoms with E-state index in [2.05, 4.69) is 24.1 Å². The van der Waals surface area contributed by atoms with E-state index in [0.717, 1.165) is 22.9 Å². The molecule has 0 atom stereocenters. The Hall–Kier alpha value is -1.48. The van der Waals surface area contributed by atoms with Gasteiger partial charge < -0.3 is 10.3 Å². The summed E-state index contributed by atoms with van der Waals surface area (Å²) < 4.78 is 0. The number of hydrogen-bond donors (Lipinski definition) is 2. The zero-order valence-electron chi connectivity index (χ0n) is 13.1. The number of nitrogens with one attached hydrogen (secondary N) is 2. The highest BCUT2D eigenvalue weighted by molar-refractivity contribution is 6.31. The molecule has 2 rings (SSSR count). The van der Waals surface area contributed by atoms with Gasteiger partial charge in [-0.1, -0.05) is 31.5 Å². The lowest BCUT2D eigenvalue weighted by atomic mass is 9.83. The van der Waals surface area contributed by atoms with Crippen molar-refractivity contribution >= 4 is 28.4 Å². The van der Waals surface area contributed by atoms with Crippen LogP contribution in [0, 0.1) is 5.92 Å². The zero-order chi connectivity index (χ0) is 15.6. The predicted molar refractivity (Wildman–Crippen MR) is 88.8 cm³/mol. The summed E-state index contributed by atoms with van der Waals surface area (Å²) in [5.74, 6) is 0.641. The molecular weight excluding hydrogens is 284 g/mol. The fraction of sp³-hybridized carbons (Fsp3) is 0.471. The van der Waals surface area contributed by atoms with Gasteiger partial charge in [0, 0.05) is 28.7 Å². The van der Waals surface area contributed by atoms with Gasteiger partial charge in [0.1, 0.15) is 0 Å². The molecule has 4 heteroatoms. The van der Waals surface area contributed by atoms with Crippen LogP contribution in [0.2, 0.25) is 5.02 Å². The van der Waals surface area contributed by atoms with Crippen LogP contribution < -0.4 is 5.32 Å². The Labute approximate surface area is 131 Å². The van der Waals surface area contributed by atoms with Crippen molar-refractivity contribution in [3.63, 3.8) is 0 Å². The van der Waals surface area contributed by atoms with Gasteiger partial charge in [-0.25, -0.2) is 0 Å². The van der Waals surface area contributed by atoms with Crippen LogP contribution in [0.5, 0.6) is 0 Å². The van der Waals surface area contributed by atoms with Crippen LogP contribution in [0.15, 0.2) is 24.4 Å². The first kappa shape index (κ1) is 15.9. The molecule has 0 radical (unpaired) electrons. The molecule has 3 nitrogen and oxygen atoms in total. The quantitative estimate of drug-likeness (QED) is 0.851. The molecule has 0 bridgehead atoms. The fourth-order valence-electron chi connectivity index (χ4n) is 2.43. The predicted octanol–water partition coefficient (Wildman–Crippen LogP) is 4.26. The molecule has 2 N–H and O–H groups in total. The van der Waals surface area contributed by atoms with E-state index in [4.69, 9.17) is 11.6 Å². The third-order valence-electron chi connectivity index (χ3n) is 3.89. The van der Waals surface area contributed by atoms with E-state index in [-0.39, 0.29) is 5.91 Å². The summed E-state index contributed by atoms with van der Waals surface area (Å²) in [6, 6.07) is 5.70. The normalized spacial score (nSPS) is 12.1. The Morgan fingerprint density at radius 2 is 2.10 bits per heavy atom. The first-order valence-electron chi connectivity index (χ1n) is 7.37. The monoisotopic (exact) mass is 306 g/mol. The Balaban J connectivity index is 2.22. The molecule has 1 aromatic heterocycles. The summed E-state index contributed by atoms with van der Waals surface area (Å²) in [4.78, 5) is 15.7. The number of carbonyl (C=O) groups is 1. The molecule has 1 amide bonds. The van der Waals surface area contributed by atoms with Crippen LogP contribution in [0.25, 0.3) is 10.9 Å². The summed E-state index contributed by atoms with van der Waals surface area (Å²) >= 11 is 6.00. The maximum absolute atomic E-state index is 12.5. The second kappa shape index (κ2) is 6.10. The van der Waals surface area contributed by atoms with Crippen molar-refractivity contribution in [3.8, 4) is 0 Å². The largest absolute Gasteiger partial charge is 0.361 e. The molecule has 2 aromatic rings. The topological polar surface area (TPSA) is 44.9 Å². The first-order valence-corrected chi connectivity index (χ1v) is 7.75.